The van der Waals surface area contributed by atoms with Crippen molar-refractivity contribution in [2.75, 3.05) is 19.8 Å². The van der Waals surface area contributed by atoms with Crippen molar-refractivity contribution in [1.29, 1.82) is 0 Å². The highest BCUT2D eigenvalue weighted by atomic mass is 35.6. The van der Waals surface area contributed by atoms with Gasteiger partial charge in [-0.05, 0) is 60.7 Å². The van der Waals surface area contributed by atoms with E-state index in [-0.39, 0.29) is 40.0 Å². The van der Waals surface area contributed by atoms with Crippen molar-refractivity contribution in [3.8, 4) is 0 Å². The smallest absolute Gasteiger partial charge is 0.407 e. The number of halogens is 3. The summed E-state index contributed by atoms with van der Waals surface area (Å²) in [7, 11) is 0. The summed E-state index contributed by atoms with van der Waals surface area (Å²) in [6, 6.07) is 33.8. The summed E-state index contributed by atoms with van der Waals surface area (Å²) in [5.41, 5.74) is 0.214. The van der Waals surface area contributed by atoms with Crippen LogP contribution in [0.15, 0.2) is 146 Å². The topological polar surface area (TPSA) is 218 Å². The number of carbonyl (C=O) groups is 7. The van der Waals surface area contributed by atoms with E-state index >= 15 is 0 Å². The molecule has 4 heterocycles. The molecule has 2 bridgehead atoms. The van der Waals surface area contributed by atoms with Crippen LogP contribution in [0.5, 0.6) is 0 Å². The van der Waals surface area contributed by atoms with Crippen LogP contribution in [0.25, 0.3) is 0 Å². The second-order valence-electron chi connectivity index (χ2n) is 16.6. The van der Waals surface area contributed by atoms with Crippen molar-refractivity contribution >= 4 is 76.6 Å². The second kappa shape index (κ2) is 21.8. The van der Waals surface area contributed by atoms with E-state index in [9.17, 15) is 33.6 Å². The first-order chi connectivity index (χ1) is 34.7. The minimum absolute atomic E-state index is 0.0148. The van der Waals surface area contributed by atoms with Gasteiger partial charge in [-0.1, -0.05) is 120 Å². The van der Waals surface area contributed by atoms with Gasteiger partial charge >= 0.3 is 30.0 Å². The monoisotopic (exact) mass is 1040 g/mol. The van der Waals surface area contributed by atoms with E-state index in [2.05, 4.69) is 5.32 Å². The molecule has 0 spiro atoms. The average molecular weight is 1040 g/mol. The number of fused-ring (bicyclic) bond motifs is 3. The van der Waals surface area contributed by atoms with Gasteiger partial charge in [0.2, 0.25) is 3.79 Å². The molecule has 3 fully saturated rings. The Morgan fingerprint density at radius 3 is 1.53 bits per heavy atom. The van der Waals surface area contributed by atoms with Crippen molar-refractivity contribution in [3.05, 3.63) is 179 Å². The first-order valence-corrected chi connectivity index (χ1v) is 23.4. The highest BCUT2D eigenvalue weighted by Crippen LogP contribution is 2.40. The molecule has 0 unspecified atom stereocenters. The lowest BCUT2D eigenvalue weighted by atomic mass is 9.93. The summed E-state index contributed by atoms with van der Waals surface area (Å²) in [6.45, 7) is -1.66. The number of ether oxygens (including phenoxy) is 9. The first-order valence-electron chi connectivity index (χ1n) is 22.3. The molecule has 4 aliphatic heterocycles. The first kappa shape index (κ1) is 50.1. The van der Waals surface area contributed by atoms with Gasteiger partial charge < -0.3 is 47.9 Å². The molecule has 4 aliphatic rings. The highest BCUT2D eigenvalue weighted by Gasteiger charge is 2.61. The van der Waals surface area contributed by atoms with Crippen molar-refractivity contribution in [1.82, 2.24) is 10.2 Å². The summed E-state index contributed by atoms with van der Waals surface area (Å²) in [4.78, 5) is 99.7. The van der Waals surface area contributed by atoms with Crippen molar-refractivity contribution < 1.29 is 76.2 Å². The molecule has 3 saturated heterocycles. The predicted octanol–water partition coefficient (Wildman–Crippen LogP) is 6.52. The van der Waals surface area contributed by atoms with E-state index in [0.29, 0.717) is 0 Å². The van der Waals surface area contributed by atoms with E-state index in [1.54, 1.807) is 84.9 Å². The summed E-state index contributed by atoms with van der Waals surface area (Å²) in [5, 5.41) is 2.55. The fraction of sp³-hybridized carbons (Fsp3) is 0.275. The maximum absolute atomic E-state index is 14.7. The summed E-state index contributed by atoms with van der Waals surface area (Å²) < 4.78 is 53.3. The summed E-state index contributed by atoms with van der Waals surface area (Å²) >= 11 is 17.6. The Kier molecular flexibility index (Phi) is 15.2. The van der Waals surface area contributed by atoms with E-state index in [1.807, 2.05) is 0 Å². The van der Waals surface area contributed by atoms with Crippen LogP contribution in [0.4, 0.5) is 4.79 Å². The Bertz CT molecular complexity index is 2770. The van der Waals surface area contributed by atoms with Gasteiger partial charge in [-0.15, -0.1) is 0 Å². The molecular formula is C51H41Cl3N2O16. The lowest BCUT2D eigenvalue weighted by Crippen LogP contribution is -2.70. The number of alkyl halides is 3. The molecule has 372 valence electrons. The third-order valence-corrected chi connectivity index (χ3v) is 12.2. The normalized spacial score (nSPS) is 25.4. The number of imide groups is 1. The number of esters is 4. The molecule has 18 nitrogen and oxygen atoms in total. The number of nitrogens with one attached hydrogen (secondary N) is 1. The van der Waals surface area contributed by atoms with Crippen molar-refractivity contribution in [3.63, 3.8) is 0 Å². The molecule has 0 aliphatic carbocycles. The van der Waals surface area contributed by atoms with Crippen molar-refractivity contribution in [2.45, 2.75) is 65.1 Å². The molecule has 1 N–H and O–H groups in total. The number of alkyl carbamates (subject to hydrolysis) is 1. The number of amides is 3. The molecule has 5 aromatic rings. The predicted molar refractivity (Wildman–Crippen MR) is 251 cm³/mol. The van der Waals surface area contributed by atoms with Gasteiger partial charge in [0.05, 0.1) is 40.0 Å². The molecule has 10 atom stereocenters. The van der Waals surface area contributed by atoms with Crippen LogP contribution >= 0.6 is 34.8 Å². The second-order valence-corrected chi connectivity index (χ2v) is 19.1. The fourth-order valence-corrected chi connectivity index (χ4v) is 8.75. The van der Waals surface area contributed by atoms with Gasteiger partial charge in [0.1, 0.15) is 43.6 Å². The molecule has 5 aromatic carbocycles. The number of hydrogen-bond donors (Lipinski definition) is 1. The molecule has 0 radical (unpaired) electrons. The van der Waals surface area contributed by atoms with Gasteiger partial charge in [0, 0.05) is 0 Å². The van der Waals surface area contributed by atoms with Crippen LogP contribution in [-0.4, -0.2) is 132 Å². The zero-order chi connectivity index (χ0) is 50.5. The molecule has 72 heavy (non-hydrogen) atoms. The van der Waals surface area contributed by atoms with Crippen LogP contribution in [-0.2, 0) is 42.6 Å². The zero-order valence-corrected chi connectivity index (χ0v) is 39.6. The van der Waals surface area contributed by atoms with E-state index in [0.717, 1.165) is 4.90 Å². The maximum Gasteiger partial charge on any atom is 0.407 e. The van der Waals surface area contributed by atoms with Crippen LogP contribution in [0, 0.1) is 0 Å². The number of hydrogen-bond acceptors (Lipinski definition) is 16. The van der Waals surface area contributed by atoms with Crippen LogP contribution in [0.3, 0.4) is 0 Å². The summed E-state index contributed by atoms with van der Waals surface area (Å²) in [6.07, 6.45) is -14.0. The minimum atomic E-state index is -2.02. The van der Waals surface area contributed by atoms with Crippen molar-refractivity contribution in [2.24, 2.45) is 0 Å². The molecular weight excluding hydrogens is 1000 g/mol. The largest absolute Gasteiger partial charge is 0.459 e. The van der Waals surface area contributed by atoms with E-state index < -0.39 is 120 Å². The zero-order valence-electron chi connectivity index (χ0n) is 37.4. The Balaban J connectivity index is 1.17. The quantitative estimate of drug-likeness (QED) is 0.0542. The molecule has 0 aromatic heterocycles. The Labute approximate surface area is 425 Å². The average Bonchev–Trinajstić information content (AvgIpc) is 3.95. The molecule has 21 heteroatoms. The lowest BCUT2D eigenvalue weighted by Gasteiger charge is -2.49. The molecule has 3 amide bonds. The fourth-order valence-electron chi connectivity index (χ4n) is 8.59. The number of carbonyl (C=O) groups excluding carboxylic acids is 7. The summed E-state index contributed by atoms with van der Waals surface area (Å²) in [5.74, 6) is -5.44. The van der Waals surface area contributed by atoms with Gasteiger partial charge in [0.15, 0.2) is 30.9 Å². The van der Waals surface area contributed by atoms with Gasteiger partial charge in [0.25, 0.3) is 11.8 Å². The SMILES string of the molecule is O=C(N[C@H]1[C@@H]2OC[C@@H](O2)[C@@H](O[C@@H]2O[C@H](COC(=O)c3ccccc3)[C@@H](OC(=O)c3ccccc3)[C@H](OC(=O)c3ccccc3)[C@H]2N2C(=O)c3ccccc3C2=O)[C@@H]1OC(=O)c1ccccc1)OCC(Cl)(Cl)Cl. The van der Waals surface area contributed by atoms with Crippen LogP contribution in [0.2, 0.25) is 0 Å². The Hall–Kier alpha value is -6.90. The molecule has 9 rings (SSSR count). The standard InChI is InChI=1S/C51H41Cl3N2O16/c52-51(53,54)27-66-50(63)55-36-40(70-46(61)30-19-9-3-10-20-30)38(35-26-65-48(36)67-35)72-49-37(56-42(57)32-23-13-14-24-33(32)43(56)58)41(71-47(62)31-21-11-4-12-22-31)39(69-45(60)29-17-7-2-8-18-29)34(68-49)25-64-44(59)28-15-5-1-6-16-28/h1-24,34-41,48-49H,25-27H2,(H,55,63)/t34-,35-,36-,37-,38-,39-,40-,41-,48-,49+/m1/s1. The van der Waals surface area contributed by atoms with Gasteiger partial charge in [-0.3, -0.25) is 14.5 Å². The van der Waals surface area contributed by atoms with E-state index in [1.165, 1.54) is 60.7 Å². The Morgan fingerprint density at radius 1 is 0.569 bits per heavy atom. The van der Waals surface area contributed by atoms with Gasteiger partial charge in [-0.2, -0.15) is 0 Å². The lowest BCUT2D eigenvalue weighted by molar-refractivity contribution is -0.313. The molecule has 0 saturated carbocycles. The third kappa shape index (κ3) is 11.1. The minimum Gasteiger partial charge on any atom is -0.459 e. The highest BCUT2D eigenvalue weighted by molar-refractivity contribution is 6.67. The number of rotatable bonds is 14. The van der Waals surface area contributed by atoms with Crippen LogP contribution in [0.1, 0.15) is 62.1 Å². The Morgan fingerprint density at radius 2 is 1.03 bits per heavy atom. The van der Waals surface area contributed by atoms with E-state index in [4.69, 9.17) is 77.4 Å². The maximum atomic E-state index is 14.7. The van der Waals surface area contributed by atoms with Gasteiger partial charge in [-0.25, -0.2) is 24.0 Å². The number of benzene rings is 5. The third-order valence-electron chi connectivity index (χ3n) is 11.9. The number of nitrogens with zero attached hydrogens (tertiary/aromatic N) is 1. The van der Waals surface area contributed by atoms with Crippen LogP contribution < -0.4 is 5.32 Å².